The number of hydrogen-bond acceptors (Lipinski definition) is 5. The van der Waals surface area contributed by atoms with Crippen molar-refractivity contribution < 1.29 is 9.15 Å². The van der Waals surface area contributed by atoms with Crippen LogP contribution in [0.2, 0.25) is 0 Å². The minimum atomic E-state index is -3.05. The van der Waals surface area contributed by atoms with Gasteiger partial charge in [-0.25, -0.2) is 9.97 Å². The third kappa shape index (κ3) is 4.81. The van der Waals surface area contributed by atoms with Crippen molar-refractivity contribution in [3.05, 3.63) is 188 Å². The molecule has 0 radical (unpaired) electrons. The Bertz CT molecular complexity index is 3060. The quantitative estimate of drug-likeness (QED) is 0.159. The van der Waals surface area contributed by atoms with Gasteiger partial charge in [-0.15, -0.1) is 0 Å². The first-order valence-corrected chi connectivity index (χ1v) is 20.8. The number of ether oxygens (including phenoxy) is 1. The second-order valence-corrected chi connectivity index (χ2v) is 17.9. The Hall–Kier alpha value is -7.22. The molecule has 0 N–H and O–H groups in total. The smallest absolute Gasteiger partial charge is 0.191 e. The molecular formula is C49H34N4O2Si. The number of nitrogens with zero attached hydrogens (tertiary/aromatic N) is 4. The number of aromatic nitrogens is 3. The maximum atomic E-state index is 6.98. The maximum Gasteiger partial charge on any atom is 0.191 e. The van der Waals surface area contributed by atoms with Gasteiger partial charge >= 0.3 is 0 Å². The van der Waals surface area contributed by atoms with E-state index in [9.17, 15) is 0 Å². The molecule has 0 amide bonds. The summed E-state index contributed by atoms with van der Waals surface area (Å²) in [6.45, 7) is 0. The molecule has 3 aromatic heterocycles. The molecule has 0 atom stereocenters. The van der Waals surface area contributed by atoms with Crippen LogP contribution in [0.3, 0.4) is 0 Å². The number of pyridine rings is 1. The van der Waals surface area contributed by atoms with Gasteiger partial charge in [0.15, 0.2) is 8.07 Å². The average molecular weight is 739 g/mol. The van der Waals surface area contributed by atoms with Crippen molar-refractivity contribution in [2.75, 3.05) is 4.90 Å². The SMILES string of the molecule is Cn1c(-c2cccc(Oc3cccc(N4c5ccc6c(oc7ccccc76)c5[Si](c5ccccc5)(c5ccccc5)c5cccnc54)c3)c2)nc2ccccc21. The highest BCUT2D eigenvalue weighted by Crippen LogP contribution is 2.42. The molecule has 1 aliphatic rings. The van der Waals surface area contributed by atoms with Crippen molar-refractivity contribution in [1.82, 2.24) is 14.5 Å². The summed E-state index contributed by atoms with van der Waals surface area (Å²) < 4.78 is 15.8. The van der Waals surface area contributed by atoms with Gasteiger partial charge in [0, 0.05) is 40.8 Å². The number of furan rings is 1. The molecular weight excluding hydrogens is 705 g/mol. The van der Waals surface area contributed by atoms with E-state index < -0.39 is 8.07 Å². The minimum absolute atomic E-state index is 0.716. The number of imidazole rings is 1. The standard InChI is InChI=1S/C49H34N4O2Si/c1-52-42-25-10-9-24-41(42)51-48(52)33-15-12-17-35(31-33)54-36-18-13-16-34(32-36)53-43-29-28-40-39-23-8-11-26-44(39)55-46(40)47(43)56(37-19-4-2-5-20-37,38-21-6-3-7-22-38)45-27-14-30-50-49(45)53/h2-32H,1H3. The summed E-state index contributed by atoms with van der Waals surface area (Å²) in [5, 5.41) is 7.14. The molecule has 4 heterocycles. The molecule has 266 valence electrons. The lowest BCUT2D eigenvalue weighted by Crippen LogP contribution is -2.77. The molecule has 0 unspecified atom stereocenters. The van der Waals surface area contributed by atoms with Gasteiger partial charge < -0.3 is 13.7 Å². The minimum Gasteiger partial charge on any atom is -0.457 e. The Kier molecular flexibility index (Phi) is 7.30. The van der Waals surface area contributed by atoms with Gasteiger partial charge in [-0.1, -0.05) is 115 Å². The van der Waals surface area contributed by atoms with Gasteiger partial charge in [-0.05, 0) is 76.2 Å². The van der Waals surface area contributed by atoms with Crippen LogP contribution >= 0.6 is 0 Å². The van der Waals surface area contributed by atoms with Gasteiger partial charge in [0.05, 0.1) is 22.4 Å². The number of para-hydroxylation sites is 3. The third-order valence-corrected chi connectivity index (χ3v) is 16.0. The van der Waals surface area contributed by atoms with Gasteiger partial charge in [0.25, 0.3) is 0 Å². The summed E-state index contributed by atoms with van der Waals surface area (Å²) in [6.07, 6.45) is 1.90. The molecule has 1 aliphatic heterocycles. The summed E-state index contributed by atoms with van der Waals surface area (Å²) in [5.74, 6) is 3.23. The maximum absolute atomic E-state index is 6.98. The Morgan fingerprint density at radius 2 is 1.32 bits per heavy atom. The zero-order valence-corrected chi connectivity index (χ0v) is 31.5. The lowest BCUT2D eigenvalue weighted by molar-refractivity contribution is 0.483. The van der Waals surface area contributed by atoms with Crippen molar-refractivity contribution in [3.8, 4) is 22.9 Å². The first-order valence-electron chi connectivity index (χ1n) is 18.8. The molecule has 0 bridgehead atoms. The number of aryl methyl sites for hydroxylation is 1. The zero-order valence-electron chi connectivity index (χ0n) is 30.5. The Morgan fingerprint density at radius 1 is 0.607 bits per heavy atom. The Balaban J connectivity index is 1.11. The largest absolute Gasteiger partial charge is 0.457 e. The van der Waals surface area contributed by atoms with E-state index in [0.717, 1.165) is 67.3 Å². The highest BCUT2D eigenvalue weighted by molar-refractivity contribution is 7.22. The van der Waals surface area contributed by atoms with Crippen molar-refractivity contribution in [1.29, 1.82) is 0 Å². The van der Waals surface area contributed by atoms with E-state index in [1.807, 2.05) is 48.7 Å². The van der Waals surface area contributed by atoms with Gasteiger partial charge in [0.1, 0.15) is 34.3 Å². The summed E-state index contributed by atoms with van der Waals surface area (Å²) >= 11 is 0. The van der Waals surface area contributed by atoms with Crippen LogP contribution in [0.25, 0.3) is 44.4 Å². The second-order valence-electron chi connectivity index (χ2n) is 14.2. The van der Waals surface area contributed by atoms with Crippen LogP contribution in [-0.2, 0) is 7.05 Å². The number of anilines is 3. The van der Waals surface area contributed by atoms with E-state index in [4.69, 9.17) is 19.1 Å². The molecule has 56 heavy (non-hydrogen) atoms. The van der Waals surface area contributed by atoms with Crippen LogP contribution in [0, 0.1) is 0 Å². The highest BCUT2D eigenvalue weighted by Gasteiger charge is 2.51. The normalized spacial score (nSPS) is 13.2. The van der Waals surface area contributed by atoms with Crippen LogP contribution in [0.1, 0.15) is 0 Å². The molecule has 0 fully saturated rings. The first kappa shape index (κ1) is 32.2. The van der Waals surface area contributed by atoms with Gasteiger partial charge in [0.2, 0.25) is 0 Å². The fourth-order valence-corrected chi connectivity index (χ4v) is 13.9. The molecule has 0 saturated carbocycles. The third-order valence-electron chi connectivity index (χ3n) is 11.1. The average Bonchev–Trinajstić information content (AvgIpc) is 3.81. The van der Waals surface area contributed by atoms with Crippen LogP contribution < -0.4 is 30.4 Å². The van der Waals surface area contributed by atoms with Crippen LogP contribution in [0.15, 0.2) is 193 Å². The Labute approximate surface area is 324 Å². The van der Waals surface area contributed by atoms with E-state index in [2.05, 4.69) is 156 Å². The van der Waals surface area contributed by atoms with E-state index in [-0.39, 0.29) is 0 Å². The van der Waals surface area contributed by atoms with E-state index >= 15 is 0 Å². The lowest BCUT2D eigenvalue weighted by Gasteiger charge is -2.44. The summed E-state index contributed by atoms with van der Waals surface area (Å²) in [6, 6.07) is 63.7. The van der Waals surface area contributed by atoms with Crippen molar-refractivity contribution >= 4 is 79.0 Å². The van der Waals surface area contributed by atoms with E-state index in [1.54, 1.807) is 0 Å². The predicted octanol–water partition coefficient (Wildman–Crippen LogP) is 9.49. The van der Waals surface area contributed by atoms with Crippen LogP contribution in [0.4, 0.5) is 17.2 Å². The first-order chi connectivity index (χ1) is 27.7. The lowest BCUT2D eigenvalue weighted by atomic mass is 10.1. The van der Waals surface area contributed by atoms with Gasteiger partial charge in [-0.2, -0.15) is 0 Å². The van der Waals surface area contributed by atoms with Crippen LogP contribution in [-0.4, -0.2) is 22.6 Å². The van der Waals surface area contributed by atoms with E-state index in [0.29, 0.717) is 5.75 Å². The zero-order chi connectivity index (χ0) is 37.2. The Morgan fingerprint density at radius 3 is 2.12 bits per heavy atom. The summed E-state index contributed by atoms with van der Waals surface area (Å²) in [5.41, 5.74) is 6.81. The molecule has 11 rings (SSSR count). The number of hydrogen-bond donors (Lipinski definition) is 0. The second kappa shape index (κ2) is 12.7. The number of benzene rings is 7. The topological polar surface area (TPSA) is 56.3 Å². The molecule has 7 aromatic carbocycles. The molecule has 0 spiro atoms. The predicted molar refractivity (Wildman–Crippen MR) is 230 cm³/mol. The van der Waals surface area contributed by atoms with Crippen LogP contribution in [0.5, 0.6) is 11.5 Å². The van der Waals surface area contributed by atoms with Crippen molar-refractivity contribution in [2.45, 2.75) is 0 Å². The van der Waals surface area contributed by atoms with E-state index in [1.165, 1.54) is 20.7 Å². The highest BCUT2D eigenvalue weighted by atomic mass is 28.3. The van der Waals surface area contributed by atoms with Crippen molar-refractivity contribution in [3.63, 3.8) is 0 Å². The molecule has 10 aromatic rings. The monoisotopic (exact) mass is 738 g/mol. The van der Waals surface area contributed by atoms with Crippen molar-refractivity contribution in [2.24, 2.45) is 7.05 Å². The fraction of sp³-hybridized carbons (Fsp3) is 0.0204. The number of fused-ring (bicyclic) bond motifs is 7. The summed E-state index contributed by atoms with van der Waals surface area (Å²) in [4.78, 5) is 12.4. The number of rotatable bonds is 6. The summed E-state index contributed by atoms with van der Waals surface area (Å²) in [7, 11) is -0.994. The molecule has 0 aliphatic carbocycles. The molecule has 6 nitrogen and oxygen atoms in total. The fourth-order valence-electron chi connectivity index (χ4n) is 8.77. The van der Waals surface area contributed by atoms with Gasteiger partial charge in [-0.3, -0.25) is 4.90 Å². The molecule has 7 heteroatoms. The molecule has 0 saturated heterocycles.